The van der Waals surface area contributed by atoms with Gasteiger partial charge in [-0.15, -0.1) is 0 Å². The van der Waals surface area contributed by atoms with Gasteiger partial charge >= 0.3 is 0 Å². The molecule has 0 saturated carbocycles. The van der Waals surface area contributed by atoms with E-state index in [0.717, 1.165) is 0 Å². The smallest absolute Gasteiger partial charge is 0.0215 e. The van der Waals surface area contributed by atoms with E-state index in [4.69, 9.17) is 0 Å². The van der Waals surface area contributed by atoms with Gasteiger partial charge in [0.05, 0.1) is 0 Å². The van der Waals surface area contributed by atoms with Gasteiger partial charge in [0.1, 0.15) is 0 Å². The maximum atomic E-state index is 3.53. The standard InChI is InChI=1S/C9H12.CH4S/c1-8(2)9-6-4-3-5-7-9;1-2/h3-8H,1-2H3;2H,1H3. The number of benzene rings is 1. The van der Waals surface area contributed by atoms with Crippen LogP contribution in [0, 0.1) is 0 Å². The lowest BCUT2D eigenvalue weighted by atomic mass is 10.0. The molecule has 1 heteroatoms. The highest BCUT2D eigenvalue weighted by Gasteiger charge is 1.93. The van der Waals surface area contributed by atoms with Crippen LogP contribution in [0.3, 0.4) is 0 Å². The van der Waals surface area contributed by atoms with Crippen molar-refractivity contribution in [3.63, 3.8) is 0 Å². The average Bonchev–Trinajstić information content (AvgIpc) is 2.10. The molecule has 11 heavy (non-hydrogen) atoms. The molecule has 0 saturated heterocycles. The quantitative estimate of drug-likeness (QED) is 0.611. The summed E-state index contributed by atoms with van der Waals surface area (Å²) >= 11 is 3.53. The maximum Gasteiger partial charge on any atom is -0.0215 e. The van der Waals surface area contributed by atoms with Crippen LogP contribution in [0.1, 0.15) is 25.3 Å². The molecule has 1 rings (SSSR count). The van der Waals surface area contributed by atoms with Gasteiger partial charge in [-0.1, -0.05) is 44.2 Å². The lowest BCUT2D eigenvalue weighted by molar-refractivity contribution is 0.867. The highest BCUT2D eigenvalue weighted by Crippen LogP contribution is 2.11. The molecule has 0 aliphatic rings. The van der Waals surface area contributed by atoms with Gasteiger partial charge in [-0.3, -0.25) is 0 Å². The summed E-state index contributed by atoms with van der Waals surface area (Å²) in [6, 6.07) is 10.5. The van der Waals surface area contributed by atoms with E-state index in [-0.39, 0.29) is 0 Å². The highest BCUT2D eigenvalue weighted by atomic mass is 32.1. The first kappa shape index (κ1) is 10.6. The topological polar surface area (TPSA) is 0 Å². The molecule has 0 N–H and O–H groups in total. The molecule has 0 bridgehead atoms. The molecule has 0 unspecified atom stereocenters. The summed E-state index contributed by atoms with van der Waals surface area (Å²) in [6.07, 6.45) is 1.69. The van der Waals surface area contributed by atoms with E-state index in [0.29, 0.717) is 5.92 Å². The molecular weight excluding hydrogens is 152 g/mol. The Morgan fingerprint density at radius 3 is 1.73 bits per heavy atom. The molecule has 62 valence electrons. The Bertz CT molecular complexity index is 167. The van der Waals surface area contributed by atoms with Crippen LogP contribution in [0.4, 0.5) is 0 Å². The molecule has 0 heterocycles. The summed E-state index contributed by atoms with van der Waals surface area (Å²) in [6.45, 7) is 4.41. The van der Waals surface area contributed by atoms with Gasteiger partial charge in [0.2, 0.25) is 0 Å². The first-order chi connectivity index (χ1) is 5.30. The number of rotatable bonds is 1. The van der Waals surface area contributed by atoms with Gasteiger partial charge in [-0.2, -0.15) is 12.6 Å². The summed E-state index contributed by atoms with van der Waals surface area (Å²) < 4.78 is 0. The Labute approximate surface area is 75.1 Å². The number of hydrogen-bond donors (Lipinski definition) is 1. The second-order valence-corrected chi connectivity index (χ2v) is 2.57. The molecule has 0 aliphatic heterocycles. The van der Waals surface area contributed by atoms with E-state index in [1.807, 2.05) is 6.07 Å². The third kappa shape index (κ3) is 4.10. The zero-order valence-corrected chi connectivity index (χ0v) is 8.31. The third-order valence-corrected chi connectivity index (χ3v) is 1.47. The van der Waals surface area contributed by atoms with Crippen LogP contribution in [0.25, 0.3) is 0 Å². The molecule has 0 fully saturated rings. The Kier molecular flexibility index (Phi) is 6.05. The fraction of sp³-hybridized carbons (Fsp3) is 0.400. The minimum atomic E-state index is 0.659. The van der Waals surface area contributed by atoms with Gasteiger partial charge < -0.3 is 0 Å². The molecule has 0 spiro atoms. The second-order valence-electron chi connectivity index (χ2n) is 2.57. The molecule has 0 aromatic heterocycles. The monoisotopic (exact) mass is 168 g/mol. The molecule has 1 aromatic rings. The fourth-order valence-corrected chi connectivity index (χ4v) is 0.838. The van der Waals surface area contributed by atoms with Crippen LogP contribution in [-0.4, -0.2) is 6.26 Å². The minimum absolute atomic E-state index is 0.659. The van der Waals surface area contributed by atoms with Crippen molar-refractivity contribution < 1.29 is 0 Å². The van der Waals surface area contributed by atoms with Crippen LogP contribution in [0.5, 0.6) is 0 Å². The van der Waals surface area contributed by atoms with E-state index >= 15 is 0 Å². The predicted molar refractivity (Wildman–Crippen MR) is 55.4 cm³/mol. The number of hydrogen-bond acceptors (Lipinski definition) is 1. The lowest BCUT2D eigenvalue weighted by Crippen LogP contribution is -1.83. The van der Waals surface area contributed by atoms with Gasteiger partial charge in [-0.05, 0) is 17.7 Å². The van der Waals surface area contributed by atoms with Crippen molar-refractivity contribution >= 4 is 12.6 Å². The van der Waals surface area contributed by atoms with Crippen molar-refractivity contribution in [3.05, 3.63) is 35.9 Å². The highest BCUT2D eigenvalue weighted by molar-refractivity contribution is 7.79. The summed E-state index contributed by atoms with van der Waals surface area (Å²) in [5.41, 5.74) is 1.41. The maximum absolute atomic E-state index is 3.53. The van der Waals surface area contributed by atoms with Gasteiger partial charge in [-0.25, -0.2) is 0 Å². The zero-order chi connectivity index (χ0) is 8.69. The molecule has 0 amide bonds. The minimum Gasteiger partial charge on any atom is -0.183 e. The molecule has 0 radical (unpaired) electrons. The summed E-state index contributed by atoms with van der Waals surface area (Å²) in [4.78, 5) is 0. The van der Waals surface area contributed by atoms with Crippen LogP contribution in [0.2, 0.25) is 0 Å². The van der Waals surface area contributed by atoms with Crippen LogP contribution >= 0.6 is 12.6 Å². The van der Waals surface area contributed by atoms with Gasteiger partial charge in [0.15, 0.2) is 0 Å². The van der Waals surface area contributed by atoms with E-state index in [1.54, 1.807) is 6.26 Å². The molecule has 1 aromatic carbocycles. The largest absolute Gasteiger partial charge is 0.183 e. The Morgan fingerprint density at radius 1 is 1.00 bits per heavy atom. The summed E-state index contributed by atoms with van der Waals surface area (Å²) in [5, 5.41) is 0. The Balaban J connectivity index is 0.000000461. The fourth-order valence-electron chi connectivity index (χ4n) is 0.838. The van der Waals surface area contributed by atoms with Crippen molar-refractivity contribution in [3.8, 4) is 0 Å². The van der Waals surface area contributed by atoms with Crippen molar-refractivity contribution in [2.45, 2.75) is 19.8 Å². The van der Waals surface area contributed by atoms with E-state index in [2.05, 4.69) is 50.7 Å². The second kappa shape index (κ2) is 6.29. The summed E-state index contributed by atoms with van der Waals surface area (Å²) in [7, 11) is 0. The first-order valence-corrected chi connectivity index (χ1v) is 4.70. The van der Waals surface area contributed by atoms with Crippen molar-refractivity contribution in [1.29, 1.82) is 0 Å². The Hall–Kier alpha value is -0.430. The normalized spacial score (nSPS) is 8.82. The third-order valence-electron chi connectivity index (χ3n) is 1.47. The molecule has 0 atom stereocenters. The molecule has 0 nitrogen and oxygen atoms in total. The summed E-state index contributed by atoms with van der Waals surface area (Å²) in [5.74, 6) is 0.659. The van der Waals surface area contributed by atoms with Crippen LogP contribution < -0.4 is 0 Å². The zero-order valence-electron chi connectivity index (χ0n) is 7.41. The molecular formula is C10H16S. The van der Waals surface area contributed by atoms with Gasteiger partial charge in [0, 0.05) is 0 Å². The van der Waals surface area contributed by atoms with E-state index < -0.39 is 0 Å². The lowest BCUT2D eigenvalue weighted by Gasteiger charge is -2.01. The predicted octanol–water partition coefficient (Wildman–Crippen LogP) is 3.36. The van der Waals surface area contributed by atoms with Crippen molar-refractivity contribution in [2.24, 2.45) is 0 Å². The SMILES string of the molecule is CC(C)c1ccccc1.CS. The first-order valence-electron chi connectivity index (χ1n) is 3.80. The van der Waals surface area contributed by atoms with Crippen molar-refractivity contribution in [2.75, 3.05) is 6.26 Å². The van der Waals surface area contributed by atoms with E-state index in [9.17, 15) is 0 Å². The van der Waals surface area contributed by atoms with Crippen LogP contribution in [-0.2, 0) is 0 Å². The number of thiol groups is 1. The molecule has 0 aliphatic carbocycles. The van der Waals surface area contributed by atoms with Crippen LogP contribution in [0.15, 0.2) is 30.3 Å². The van der Waals surface area contributed by atoms with Gasteiger partial charge in [0.25, 0.3) is 0 Å². The van der Waals surface area contributed by atoms with Crippen molar-refractivity contribution in [1.82, 2.24) is 0 Å². The van der Waals surface area contributed by atoms with E-state index in [1.165, 1.54) is 5.56 Å². The Morgan fingerprint density at radius 2 is 1.45 bits per heavy atom. The average molecular weight is 168 g/mol.